The molecular weight excluding hydrogens is 303 g/mol. The van der Waals surface area contributed by atoms with Crippen LogP contribution in [-0.4, -0.2) is 17.0 Å². The molecular formula is C12H13IO2. The lowest BCUT2D eigenvalue weighted by Crippen LogP contribution is -2.08. The summed E-state index contributed by atoms with van der Waals surface area (Å²) in [6.45, 7) is 2.23. The molecule has 1 rings (SSSR count). The highest BCUT2D eigenvalue weighted by molar-refractivity contribution is 14.1. The Labute approximate surface area is 103 Å². The van der Waals surface area contributed by atoms with Gasteiger partial charge in [0.1, 0.15) is 0 Å². The average molecular weight is 316 g/mol. The van der Waals surface area contributed by atoms with Gasteiger partial charge in [0.05, 0.1) is 6.61 Å². The third-order valence-corrected chi connectivity index (χ3v) is 2.64. The Morgan fingerprint density at radius 3 is 2.60 bits per heavy atom. The van der Waals surface area contributed by atoms with Gasteiger partial charge in [-0.3, -0.25) is 0 Å². The van der Waals surface area contributed by atoms with Crippen molar-refractivity contribution >= 4 is 34.6 Å². The van der Waals surface area contributed by atoms with Crippen LogP contribution in [0.4, 0.5) is 0 Å². The maximum absolute atomic E-state index is 11.5. The minimum absolute atomic E-state index is 0.226. The fourth-order valence-electron chi connectivity index (χ4n) is 1.13. The van der Waals surface area contributed by atoms with Crippen molar-refractivity contribution in [2.45, 2.75) is 6.92 Å². The molecule has 1 aromatic rings. The van der Waals surface area contributed by atoms with Gasteiger partial charge in [0.25, 0.3) is 0 Å². The second-order valence-corrected chi connectivity index (χ2v) is 3.70. The van der Waals surface area contributed by atoms with Gasteiger partial charge >= 0.3 is 5.97 Å². The molecule has 0 atom stereocenters. The summed E-state index contributed by atoms with van der Waals surface area (Å²) in [5.74, 6) is -0.226. The Balaban J connectivity index is 2.83. The molecule has 0 saturated heterocycles. The number of carbonyl (C=O) groups is 1. The van der Waals surface area contributed by atoms with Crippen molar-refractivity contribution in [3.63, 3.8) is 0 Å². The van der Waals surface area contributed by atoms with Crippen molar-refractivity contribution in [3.05, 3.63) is 41.5 Å². The fourth-order valence-corrected chi connectivity index (χ4v) is 1.66. The van der Waals surface area contributed by atoms with Crippen LogP contribution in [0, 0.1) is 0 Å². The van der Waals surface area contributed by atoms with E-state index in [2.05, 4.69) is 22.6 Å². The number of carbonyl (C=O) groups excluding carboxylic acids is 1. The first-order chi connectivity index (χ1) is 7.27. The lowest BCUT2D eigenvalue weighted by molar-refractivity contribution is -0.138. The molecule has 0 saturated carbocycles. The molecule has 0 aliphatic heterocycles. The van der Waals surface area contributed by atoms with Crippen molar-refractivity contribution in [2.24, 2.45) is 0 Å². The normalized spacial score (nSPS) is 11.2. The highest BCUT2D eigenvalue weighted by atomic mass is 127. The number of esters is 1. The fraction of sp³-hybridized carbons (Fsp3) is 0.250. The Kier molecular flexibility index (Phi) is 5.39. The van der Waals surface area contributed by atoms with Gasteiger partial charge in [0.2, 0.25) is 0 Å². The van der Waals surface area contributed by atoms with E-state index < -0.39 is 0 Å². The molecule has 1 aromatic carbocycles. The average Bonchev–Trinajstić information content (AvgIpc) is 2.27. The van der Waals surface area contributed by atoms with E-state index in [-0.39, 0.29) is 5.97 Å². The van der Waals surface area contributed by atoms with E-state index in [1.54, 1.807) is 0 Å². The third-order valence-electron chi connectivity index (χ3n) is 1.82. The predicted octanol–water partition coefficient (Wildman–Crippen LogP) is 3.07. The number of rotatable bonds is 4. The molecule has 0 spiro atoms. The molecule has 3 heteroatoms. The summed E-state index contributed by atoms with van der Waals surface area (Å²) in [5, 5.41) is 0. The molecule has 0 bridgehead atoms. The number of halogens is 1. The van der Waals surface area contributed by atoms with E-state index >= 15 is 0 Å². The van der Waals surface area contributed by atoms with Crippen LogP contribution in [0.15, 0.2) is 35.9 Å². The summed E-state index contributed by atoms with van der Waals surface area (Å²) in [5.41, 5.74) is 1.72. The highest BCUT2D eigenvalue weighted by Crippen LogP contribution is 2.10. The molecule has 0 aromatic heterocycles. The van der Waals surface area contributed by atoms with Crippen LogP contribution in [0.3, 0.4) is 0 Å². The van der Waals surface area contributed by atoms with E-state index in [1.807, 2.05) is 43.3 Å². The van der Waals surface area contributed by atoms with Gasteiger partial charge < -0.3 is 4.74 Å². The van der Waals surface area contributed by atoms with Gasteiger partial charge in [-0.25, -0.2) is 4.79 Å². The molecule has 0 aliphatic carbocycles. The van der Waals surface area contributed by atoms with Crippen molar-refractivity contribution in [1.82, 2.24) is 0 Å². The zero-order valence-corrected chi connectivity index (χ0v) is 10.7. The zero-order valence-electron chi connectivity index (χ0n) is 8.57. The smallest absolute Gasteiger partial charge is 0.334 e. The summed E-state index contributed by atoms with van der Waals surface area (Å²) in [7, 11) is 0. The summed E-state index contributed by atoms with van der Waals surface area (Å²) in [4.78, 5) is 11.5. The molecule has 0 fully saturated rings. The van der Waals surface area contributed by atoms with Gasteiger partial charge in [0, 0.05) is 10.0 Å². The van der Waals surface area contributed by atoms with Gasteiger partial charge in [-0.1, -0.05) is 52.9 Å². The lowest BCUT2D eigenvalue weighted by Gasteiger charge is -2.03. The van der Waals surface area contributed by atoms with Gasteiger partial charge in [-0.15, -0.1) is 0 Å². The largest absolute Gasteiger partial charge is 0.463 e. The second kappa shape index (κ2) is 6.61. The number of alkyl halides is 1. The topological polar surface area (TPSA) is 26.3 Å². The maximum Gasteiger partial charge on any atom is 0.334 e. The van der Waals surface area contributed by atoms with Crippen LogP contribution in [-0.2, 0) is 9.53 Å². The summed E-state index contributed by atoms with van der Waals surface area (Å²) in [6.07, 6.45) is 1.87. The first-order valence-electron chi connectivity index (χ1n) is 4.76. The highest BCUT2D eigenvalue weighted by Gasteiger charge is 2.08. The van der Waals surface area contributed by atoms with Gasteiger partial charge in [0.15, 0.2) is 0 Å². The SMILES string of the molecule is CCOC(=O)C(=Cc1ccccc1)CI. The van der Waals surface area contributed by atoms with Crippen LogP contribution in [0.25, 0.3) is 6.08 Å². The van der Waals surface area contributed by atoms with Crippen molar-refractivity contribution < 1.29 is 9.53 Å². The lowest BCUT2D eigenvalue weighted by atomic mass is 10.1. The molecule has 0 aliphatic rings. The minimum Gasteiger partial charge on any atom is -0.463 e. The van der Waals surface area contributed by atoms with Gasteiger partial charge in [-0.2, -0.15) is 0 Å². The van der Waals surface area contributed by atoms with Gasteiger partial charge in [-0.05, 0) is 18.6 Å². The quantitative estimate of drug-likeness (QED) is 0.369. The molecule has 0 N–H and O–H groups in total. The maximum atomic E-state index is 11.5. The molecule has 0 unspecified atom stereocenters. The van der Waals surface area contributed by atoms with E-state index in [4.69, 9.17) is 4.74 Å². The molecule has 0 amide bonds. The molecule has 0 radical (unpaired) electrons. The molecule has 15 heavy (non-hydrogen) atoms. The van der Waals surface area contributed by atoms with E-state index in [9.17, 15) is 4.79 Å². The number of hydrogen-bond acceptors (Lipinski definition) is 2. The minimum atomic E-state index is -0.226. The molecule has 2 nitrogen and oxygen atoms in total. The first-order valence-corrected chi connectivity index (χ1v) is 6.29. The zero-order chi connectivity index (χ0) is 11.1. The second-order valence-electron chi connectivity index (χ2n) is 2.93. The first kappa shape index (κ1) is 12.2. The standard InChI is InChI=1S/C12H13IO2/c1-2-15-12(14)11(9-13)8-10-6-4-3-5-7-10/h3-8H,2,9H2,1H3. The number of benzene rings is 1. The number of ether oxygens (including phenoxy) is 1. The molecule has 80 valence electrons. The molecule has 0 heterocycles. The number of hydrogen-bond donors (Lipinski definition) is 0. The predicted molar refractivity (Wildman–Crippen MR) is 69.9 cm³/mol. The van der Waals surface area contributed by atoms with Crippen LogP contribution in [0.1, 0.15) is 12.5 Å². The summed E-state index contributed by atoms with van der Waals surface area (Å²) in [6, 6.07) is 9.77. The Hall–Kier alpha value is -0.840. The van der Waals surface area contributed by atoms with Crippen molar-refractivity contribution in [3.8, 4) is 0 Å². The summed E-state index contributed by atoms with van der Waals surface area (Å²) >= 11 is 2.16. The Morgan fingerprint density at radius 2 is 2.07 bits per heavy atom. The van der Waals surface area contributed by atoms with Crippen molar-refractivity contribution in [2.75, 3.05) is 11.0 Å². The van der Waals surface area contributed by atoms with Crippen LogP contribution < -0.4 is 0 Å². The van der Waals surface area contributed by atoms with E-state index in [1.165, 1.54) is 0 Å². The van der Waals surface area contributed by atoms with E-state index in [0.717, 1.165) is 5.56 Å². The van der Waals surface area contributed by atoms with Crippen molar-refractivity contribution in [1.29, 1.82) is 0 Å². The van der Waals surface area contributed by atoms with Crippen LogP contribution in [0.5, 0.6) is 0 Å². The van der Waals surface area contributed by atoms with Crippen LogP contribution >= 0.6 is 22.6 Å². The Bertz CT molecular complexity index is 344. The Morgan fingerprint density at radius 1 is 1.40 bits per heavy atom. The van der Waals surface area contributed by atoms with Crippen LogP contribution in [0.2, 0.25) is 0 Å². The summed E-state index contributed by atoms with van der Waals surface area (Å²) < 4.78 is 5.61. The van der Waals surface area contributed by atoms with E-state index in [0.29, 0.717) is 16.6 Å². The monoisotopic (exact) mass is 316 g/mol. The third kappa shape index (κ3) is 4.03.